The maximum Gasteiger partial charge on any atom is 0.271 e. The summed E-state index contributed by atoms with van der Waals surface area (Å²) < 4.78 is 6.13. The van der Waals surface area contributed by atoms with Crippen molar-refractivity contribution in [1.29, 1.82) is 0 Å². The lowest BCUT2D eigenvalue weighted by Crippen LogP contribution is -1.99. The number of aromatic nitrogens is 2. The molecule has 3 rings (SSSR count). The maximum absolute atomic E-state index is 11.0. The van der Waals surface area contributed by atoms with Gasteiger partial charge in [-0.3, -0.25) is 10.1 Å². The van der Waals surface area contributed by atoms with Crippen LogP contribution in [0, 0.1) is 10.1 Å². The second-order valence-electron chi connectivity index (χ2n) is 4.65. The summed E-state index contributed by atoms with van der Waals surface area (Å²) in [5.74, 6) is 1.02. The highest BCUT2D eigenvalue weighted by Gasteiger charge is 2.13. The predicted octanol–water partition coefficient (Wildman–Crippen LogP) is 4.05. The lowest BCUT2D eigenvalue weighted by Gasteiger charge is -2.12. The van der Waals surface area contributed by atoms with Crippen LogP contribution in [0.3, 0.4) is 0 Å². The highest BCUT2D eigenvalue weighted by Crippen LogP contribution is 2.33. The standard InChI is InChI=1S/C15H11BrN4O3/c1-23-14-5-3-10(20(21)22)7-13(14)19-15-11-6-9(16)2-4-12(11)17-8-18-15/h2-8H,1H3,(H,17,18,19). The number of methoxy groups -OCH3 is 1. The van der Waals surface area contributed by atoms with Crippen LogP contribution >= 0.6 is 15.9 Å². The molecule has 1 N–H and O–H groups in total. The van der Waals surface area contributed by atoms with E-state index in [-0.39, 0.29) is 5.69 Å². The number of halogens is 1. The molecule has 0 amide bonds. The molecule has 0 saturated heterocycles. The van der Waals surface area contributed by atoms with Crippen LogP contribution in [0.4, 0.5) is 17.2 Å². The van der Waals surface area contributed by atoms with Crippen molar-refractivity contribution in [2.45, 2.75) is 0 Å². The minimum absolute atomic E-state index is 0.0344. The first-order valence-corrected chi connectivity index (χ1v) is 7.37. The van der Waals surface area contributed by atoms with Crippen LogP contribution in [-0.2, 0) is 0 Å². The van der Waals surface area contributed by atoms with E-state index in [1.807, 2.05) is 18.2 Å². The van der Waals surface area contributed by atoms with Crippen molar-refractivity contribution >= 4 is 44.0 Å². The quantitative estimate of drug-likeness (QED) is 0.547. The lowest BCUT2D eigenvalue weighted by molar-refractivity contribution is -0.384. The molecule has 0 bridgehead atoms. The summed E-state index contributed by atoms with van der Waals surface area (Å²) in [6, 6.07) is 9.95. The zero-order valence-electron chi connectivity index (χ0n) is 12.0. The molecule has 0 aliphatic heterocycles. The Morgan fingerprint density at radius 2 is 2.04 bits per heavy atom. The fourth-order valence-corrected chi connectivity index (χ4v) is 2.52. The van der Waals surface area contributed by atoms with Crippen LogP contribution in [0.1, 0.15) is 0 Å². The van der Waals surface area contributed by atoms with Crippen molar-refractivity contribution in [3.8, 4) is 5.75 Å². The highest BCUT2D eigenvalue weighted by molar-refractivity contribution is 9.10. The summed E-state index contributed by atoms with van der Waals surface area (Å²) >= 11 is 3.41. The third-order valence-electron chi connectivity index (χ3n) is 3.24. The fraction of sp³-hybridized carbons (Fsp3) is 0.0667. The Hall–Kier alpha value is -2.74. The van der Waals surface area contributed by atoms with Crippen LogP contribution in [0.25, 0.3) is 10.9 Å². The molecule has 1 heterocycles. The monoisotopic (exact) mass is 374 g/mol. The number of benzene rings is 2. The minimum atomic E-state index is -0.459. The molecular weight excluding hydrogens is 364 g/mol. The Morgan fingerprint density at radius 1 is 1.22 bits per heavy atom. The first kappa shape index (κ1) is 15.2. The normalized spacial score (nSPS) is 10.5. The van der Waals surface area contributed by atoms with E-state index in [9.17, 15) is 10.1 Å². The number of hydrogen-bond acceptors (Lipinski definition) is 6. The Bertz CT molecular complexity index is 901. The smallest absolute Gasteiger partial charge is 0.271 e. The Morgan fingerprint density at radius 3 is 2.78 bits per heavy atom. The highest BCUT2D eigenvalue weighted by atomic mass is 79.9. The predicted molar refractivity (Wildman–Crippen MR) is 90.2 cm³/mol. The van der Waals surface area contributed by atoms with Crippen molar-refractivity contribution in [2.24, 2.45) is 0 Å². The number of rotatable bonds is 4. The molecule has 23 heavy (non-hydrogen) atoms. The van der Waals surface area contributed by atoms with E-state index in [0.29, 0.717) is 17.3 Å². The third kappa shape index (κ3) is 3.07. The van der Waals surface area contributed by atoms with Gasteiger partial charge in [-0.05, 0) is 24.3 Å². The van der Waals surface area contributed by atoms with E-state index in [0.717, 1.165) is 15.4 Å². The third-order valence-corrected chi connectivity index (χ3v) is 3.74. The number of fused-ring (bicyclic) bond motifs is 1. The van der Waals surface area contributed by atoms with Crippen molar-refractivity contribution in [1.82, 2.24) is 9.97 Å². The Balaban J connectivity index is 2.10. The number of hydrogen-bond donors (Lipinski definition) is 1. The summed E-state index contributed by atoms with van der Waals surface area (Å²) in [5.41, 5.74) is 1.18. The van der Waals surface area contributed by atoms with Gasteiger partial charge in [-0.2, -0.15) is 0 Å². The van der Waals surface area contributed by atoms with Gasteiger partial charge in [-0.1, -0.05) is 15.9 Å². The first-order valence-electron chi connectivity index (χ1n) is 6.58. The number of nitrogens with zero attached hydrogens (tertiary/aromatic N) is 3. The van der Waals surface area contributed by atoms with Crippen molar-refractivity contribution in [3.63, 3.8) is 0 Å². The zero-order valence-corrected chi connectivity index (χ0v) is 13.6. The summed E-state index contributed by atoms with van der Waals surface area (Å²) in [6.45, 7) is 0. The van der Waals surface area contributed by atoms with Gasteiger partial charge in [0.1, 0.15) is 17.9 Å². The summed E-state index contributed by atoms with van der Waals surface area (Å²) in [4.78, 5) is 18.9. The first-order chi connectivity index (χ1) is 11.1. The molecule has 0 atom stereocenters. The number of nitro groups is 1. The lowest BCUT2D eigenvalue weighted by atomic mass is 10.2. The SMILES string of the molecule is COc1ccc([N+](=O)[O-])cc1Nc1ncnc2ccc(Br)cc12. The molecule has 3 aromatic rings. The molecule has 0 radical (unpaired) electrons. The minimum Gasteiger partial charge on any atom is -0.495 e. The molecule has 0 aliphatic rings. The molecule has 2 aromatic carbocycles. The maximum atomic E-state index is 11.0. The van der Waals surface area contributed by atoms with E-state index in [1.165, 1.54) is 25.6 Å². The van der Waals surface area contributed by atoms with E-state index < -0.39 is 4.92 Å². The van der Waals surface area contributed by atoms with Gasteiger partial charge in [-0.25, -0.2) is 9.97 Å². The van der Waals surface area contributed by atoms with E-state index in [4.69, 9.17) is 4.74 Å². The van der Waals surface area contributed by atoms with Gasteiger partial charge < -0.3 is 10.1 Å². The molecule has 1 aromatic heterocycles. The molecule has 0 spiro atoms. The van der Waals surface area contributed by atoms with Crippen LogP contribution < -0.4 is 10.1 Å². The fourth-order valence-electron chi connectivity index (χ4n) is 2.16. The van der Waals surface area contributed by atoms with Crippen molar-refractivity contribution in [2.75, 3.05) is 12.4 Å². The average molecular weight is 375 g/mol. The van der Waals surface area contributed by atoms with Crippen LogP contribution in [-0.4, -0.2) is 22.0 Å². The van der Waals surface area contributed by atoms with Crippen LogP contribution in [0.2, 0.25) is 0 Å². The van der Waals surface area contributed by atoms with E-state index >= 15 is 0 Å². The second kappa shape index (κ2) is 6.17. The molecule has 8 heteroatoms. The average Bonchev–Trinajstić information content (AvgIpc) is 2.55. The van der Waals surface area contributed by atoms with Crippen molar-refractivity contribution in [3.05, 3.63) is 57.3 Å². The molecule has 116 valence electrons. The molecule has 0 saturated carbocycles. The molecule has 0 unspecified atom stereocenters. The van der Waals surface area contributed by atoms with Crippen LogP contribution in [0.5, 0.6) is 5.75 Å². The van der Waals surface area contributed by atoms with Gasteiger partial charge in [0.05, 0.1) is 23.2 Å². The molecule has 0 fully saturated rings. The van der Waals surface area contributed by atoms with Crippen molar-refractivity contribution < 1.29 is 9.66 Å². The van der Waals surface area contributed by atoms with Gasteiger partial charge in [0.15, 0.2) is 0 Å². The summed E-state index contributed by atoms with van der Waals surface area (Å²) in [6.07, 6.45) is 1.43. The Labute approximate surface area is 139 Å². The van der Waals surface area contributed by atoms with Gasteiger partial charge in [-0.15, -0.1) is 0 Å². The van der Waals surface area contributed by atoms with E-state index in [1.54, 1.807) is 6.07 Å². The molecule has 7 nitrogen and oxygen atoms in total. The number of nitrogens with one attached hydrogen (secondary N) is 1. The van der Waals surface area contributed by atoms with Gasteiger partial charge >= 0.3 is 0 Å². The zero-order chi connectivity index (χ0) is 16.4. The number of anilines is 2. The number of ether oxygens (including phenoxy) is 1. The van der Waals surface area contributed by atoms with Crippen LogP contribution in [0.15, 0.2) is 47.2 Å². The molecular formula is C15H11BrN4O3. The van der Waals surface area contributed by atoms with E-state index in [2.05, 4.69) is 31.2 Å². The largest absolute Gasteiger partial charge is 0.495 e. The van der Waals surface area contributed by atoms with Gasteiger partial charge in [0.25, 0.3) is 5.69 Å². The Kier molecular flexibility index (Phi) is 4.07. The summed E-state index contributed by atoms with van der Waals surface area (Å²) in [5, 5.41) is 14.8. The molecule has 0 aliphatic carbocycles. The van der Waals surface area contributed by atoms with Gasteiger partial charge in [0.2, 0.25) is 0 Å². The summed E-state index contributed by atoms with van der Waals surface area (Å²) in [7, 11) is 1.50. The second-order valence-corrected chi connectivity index (χ2v) is 5.57. The number of non-ortho nitro benzene ring substituents is 1. The number of nitro benzene ring substituents is 1. The van der Waals surface area contributed by atoms with Gasteiger partial charge in [0, 0.05) is 22.0 Å². The topological polar surface area (TPSA) is 90.2 Å².